The summed E-state index contributed by atoms with van der Waals surface area (Å²) in [4.78, 5) is 21.2. The van der Waals surface area contributed by atoms with Gasteiger partial charge in [0, 0.05) is 38.8 Å². The van der Waals surface area contributed by atoms with Crippen molar-refractivity contribution in [2.24, 2.45) is 0 Å². The SMILES string of the molecule is CC1(C)CN(C(=O)c2ccccc2F)CC2(CCN(CCc3ncccc3F)CC2)O1. The molecule has 2 aliphatic heterocycles. The Hall–Kier alpha value is -2.38. The van der Waals surface area contributed by atoms with Gasteiger partial charge in [-0.1, -0.05) is 12.1 Å². The number of pyridine rings is 1. The third-order valence-electron chi connectivity index (χ3n) is 6.20. The van der Waals surface area contributed by atoms with Crippen LogP contribution in [-0.2, 0) is 11.2 Å². The predicted octanol–water partition coefficient (Wildman–Crippen LogP) is 3.69. The first-order chi connectivity index (χ1) is 14.8. The molecule has 1 aromatic carbocycles. The molecule has 0 aliphatic carbocycles. The van der Waals surface area contributed by atoms with Gasteiger partial charge in [0.15, 0.2) is 0 Å². The Bertz CT molecular complexity index is 942. The molecule has 0 radical (unpaired) electrons. The molecule has 0 saturated carbocycles. The van der Waals surface area contributed by atoms with Gasteiger partial charge in [-0.15, -0.1) is 0 Å². The summed E-state index contributed by atoms with van der Waals surface area (Å²) >= 11 is 0. The quantitative estimate of drug-likeness (QED) is 0.744. The van der Waals surface area contributed by atoms with Crippen LogP contribution in [0.3, 0.4) is 0 Å². The van der Waals surface area contributed by atoms with Gasteiger partial charge in [0.05, 0.1) is 29.0 Å². The molecule has 2 saturated heterocycles. The second-order valence-corrected chi connectivity index (χ2v) is 9.21. The number of morpholine rings is 1. The van der Waals surface area contributed by atoms with E-state index in [2.05, 4.69) is 9.88 Å². The number of amides is 1. The molecule has 0 bridgehead atoms. The summed E-state index contributed by atoms with van der Waals surface area (Å²) < 4.78 is 34.5. The van der Waals surface area contributed by atoms with Gasteiger partial charge in [0.2, 0.25) is 0 Å². The lowest BCUT2D eigenvalue weighted by molar-refractivity contribution is -0.205. The highest BCUT2D eigenvalue weighted by molar-refractivity contribution is 5.94. The molecule has 2 fully saturated rings. The summed E-state index contributed by atoms with van der Waals surface area (Å²) in [5, 5.41) is 0. The van der Waals surface area contributed by atoms with E-state index in [9.17, 15) is 13.6 Å². The minimum Gasteiger partial charge on any atom is -0.365 e. The number of ether oxygens (including phenoxy) is 1. The molecule has 1 aromatic heterocycles. The fraction of sp³-hybridized carbons (Fsp3) is 0.500. The average molecular weight is 430 g/mol. The predicted molar refractivity (Wildman–Crippen MR) is 114 cm³/mol. The van der Waals surface area contributed by atoms with E-state index in [1.165, 1.54) is 18.2 Å². The van der Waals surface area contributed by atoms with Crippen molar-refractivity contribution in [1.29, 1.82) is 0 Å². The van der Waals surface area contributed by atoms with Crippen LogP contribution in [-0.4, -0.2) is 64.6 Å². The third-order valence-corrected chi connectivity index (χ3v) is 6.20. The van der Waals surface area contributed by atoms with Crippen LogP contribution < -0.4 is 0 Å². The molecular formula is C24H29F2N3O2. The molecule has 3 heterocycles. The number of aromatic nitrogens is 1. The van der Waals surface area contributed by atoms with Crippen molar-refractivity contribution in [3.63, 3.8) is 0 Å². The number of rotatable bonds is 4. The number of carbonyl (C=O) groups is 1. The molecule has 1 spiro atoms. The van der Waals surface area contributed by atoms with Crippen LogP contribution in [0.4, 0.5) is 8.78 Å². The maximum Gasteiger partial charge on any atom is 0.257 e. The molecule has 0 unspecified atom stereocenters. The number of hydrogen-bond donors (Lipinski definition) is 0. The zero-order chi connectivity index (χ0) is 22.1. The molecule has 0 atom stereocenters. The van der Waals surface area contributed by atoms with Crippen LogP contribution in [0.2, 0.25) is 0 Å². The fourth-order valence-corrected chi connectivity index (χ4v) is 4.77. The third kappa shape index (κ3) is 4.93. The minimum absolute atomic E-state index is 0.102. The van der Waals surface area contributed by atoms with Crippen LogP contribution in [0.25, 0.3) is 0 Å². The normalized spacial score (nSPS) is 20.7. The molecule has 4 rings (SSSR count). The highest BCUT2D eigenvalue weighted by Gasteiger charge is 2.47. The van der Waals surface area contributed by atoms with E-state index in [0.29, 0.717) is 25.2 Å². The Labute approximate surface area is 182 Å². The van der Waals surface area contributed by atoms with Crippen molar-refractivity contribution < 1.29 is 18.3 Å². The van der Waals surface area contributed by atoms with Gasteiger partial charge in [-0.05, 0) is 51.0 Å². The number of carbonyl (C=O) groups excluding carboxylic acids is 1. The lowest BCUT2D eigenvalue weighted by atomic mass is 9.86. The van der Waals surface area contributed by atoms with Gasteiger partial charge in [-0.25, -0.2) is 8.78 Å². The van der Waals surface area contributed by atoms with Crippen molar-refractivity contribution >= 4 is 5.91 Å². The lowest BCUT2D eigenvalue weighted by Gasteiger charge is -2.53. The summed E-state index contributed by atoms with van der Waals surface area (Å²) in [7, 11) is 0. The van der Waals surface area contributed by atoms with Crippen LogP contribution in [0, 0.1) is 11.6 Å². The monoisotopic (exact) mass is 429 g/mol. The van der Waals surface area contributed by atoms with E-state index in [0.717, 1.165) is 32.5 Å². The van der Waals surface area contributed by atoms with E-state index in [1.807, 2.05) is 13.8 Å². The molecule has 2 aromatic rings. The van der Waals surface area contributed by atoms with Gasteiger partial charge >= 0.3 is 0 Å². The maximum atomic E-state index is 14.2. The number of nitrogens with zero attached hydrogens (tertiary/aromatic N) is 3. The first-order valence-electron chi connectivity index (χ1n) is 10.8. The van der Waals surface area contributed by atoms with Crippen molar-refractivity contribution in [1.82, 2.24) is 14.8 Å². The van der Waals surface area contributed by atoms with Gasteiger partial charge in [-0.3, -0.25) is 9.78 Å². The molecule has 7 heteroatoms. The Kier molecular flexibility index (Phi) is 6.08. The highest BCUT2D eigenvalue weighted by Crippen LogP contribution is 2.37. The highest BCUT2D eigenvalue weighted by atomic mass is 19.1. The van der Waals surface area contributed by atoms with E-state index in [4.69, 9.17) is 4.74 Å². The molecule has 31 heavy (non-hydrogen) atoms. The topological polar surface area (TPSA) is 45.7 Å². The van der Waals surface area contributed by atoms with E-state index >= 15 is 0 Å². The molecule has 1 amide bonds. The van der Waals surface area contributed by atoms with Gasteiger partial charge < -0.3 is 14.5 Å². The summed E-state index contributed by atoms with van der Waals surface area (Å²) in [5.74, 6) is -1.06. The molecular weight excluding hydrogens is 400 g/mol. The first kappa shape index (κ1) is 21.8. The van der Waals surface area contributed by atoms with E-state index in [-0.39, 0.29) is 17.3 Å². The lowest BCUT2D eigenvalue weighted by Crippen LogP contribution is -2.63. The van der Waals surface area contributed by atoms with Crippen molar-refractivity contribution in [2.75, 3.05) is 32.7 Å². The second-order valence-electron chi connectivity index (χ2n) is 9.21. The van der Waals surface area contributed by atoms with Crippen LogP contribution in [0.15, 0.2) is 42.6 Å². The molecule has 2 aliphatic rings. The summed E-state index contributed by atoms with van der Waals surface area (Å²) in [5.41, 5.74) is -0.377. The largest absolute Gasteiger partial charge is 0.365 e. The summed E-state index contributed by atoms with van der Waals surface area (Å²) in [6.45, 7) is 7.15. The Morgan fingerprint density at radius 3 is 2.48 bits per heavy atom. The Morgan fingerprint density at radius 2 is 1.77 bits per heavy atom. The Morgan fingerprint density at radius 1 is 1.06 bits per heavy atom. The van der Waals surface area contributed by atoms with Crippen LogP contribution in [0.5, 0.6) is 0 Å². The standard InChI is InChI=1S/C24H29F2N3O2/c1-23(2)16-29(22(30)18-6-3-4-7-19(18)25)17-24(31-23)10-14-28(15-11-24)13-9-21-20(26)8-5-12-27-21/h3-8,12H,9-11,13-17H2,1-2H3. The Balaban J connectivity index is 1.41. The van der Waals surface area contributed by atoms with Crippen LogP contribution >= 0.6 is 0 Å². The number of hydrogen-bond acceptors (Lipinski definition) is 4. The zero-order valence-corrected chi connectivity index (χ0v) is 18.1. The zero-order valence-electron chi connectivity index (χ0n) is 18.1. The summed E-state index contributed by atoms with van der Waals surface area (Å²) in [6, 6.07) is 9.15. The van der Waals surface area contributed by atoms with Gasteiger partial charge in [0.1, 0.15) is 11.6 Å². The molecule has 5 nitrogen and oxygen atoms in total. The number of halogens is 2. The maximum absolute atomic E-state index is 14.2. The minimum atomic E-state index is -0.515. The van der Waals surface area contributed by atoms with Gasteiger partial charge in [-0.2, -0.15) is 0 Å². The number of likely N-dealkylation sites (tertiary alicyclic amines) is 1. The second kappa shape index (κ2) is 8.63. The molecule has 166 valence electrons. The molecule has 0 N–H and O–H groups in total. The fourth-order valence-electron chi connectivity index (χ4n) is 4.77. The van der Waals surface area contributed by atoms with Gasteiger partial charge in [0.25, 0.3) is 5.91 Å². The smallest absolute Gasteiger partial charge is 0.257 e. The van der Waals surface area contributed by atoms with Crippen molar-refractivity contribution in [3.8, 4) is 0 Å². The van der Waals surface area contributed by atoms with Crippen LogP contribution in [0.1, 0.15) is 42.7 Å². The van der Waals surface area contributed by atoms with Crippen molar-refractivity contribution in [2.45, 2.75) is 44.3 Å². The summed E-state index contributed by atoms with van der Waals surface area (Å²) in [6.07, 6.45) is 3.71. The average Bonchev–Trinajstić information content (AvgIpc) is 2.73. The number of benzene rings is 1. The number of piperidine rings is 1. The first-order valence-corrected chi connectivity index (χ1v) is 10.8. The van der Waals surface area contributed by atoms with E-state index in [1.54, 1.807) is 29.3 Å². The van der Waals surface area contributed by atoms with Crippen molar-refractivity contribution in [3.05, 3.63) is 65.5 Å². The van der Waals surface area contributed by atoms with E-state index < -0.39 is 17.0 Å².